The second kappa shape index (κ2) is 9.69. The summed E-state index contributed by atoms with van der Waals surface area (Å²) in [5.41, 5.74) is 3.85. The van der Waals surface area contributed by atoms with Crippen LogP contribution in [0.5, 0.6) is 0 Å². The third-order valence-corrected chi connectivity index (χ3v) is 6.31. The summed E-state index contributed by atoms with van der Waals surface area (Å²) in [6.45, 7) is 12.5. The van der Waals surface area contributed by atoms with Gasteiger partial charge in [0.05, 0.1) is 11.2 Å². The molecule has 7 heteroatoms. The molecule has 170 valence electrons. The monoisotopic (exact) mass is 455 g/mol. The van der Waals surface area contributed by atoms with E-state index in [9.17, 15) is 4.79 Å². The van der Waals surface area contributed by atoms with E-state index in [1.807, 2.05) is 90.1 Å². The lowest BCUT2D eigenvalue weighted by molar-refractivity contribution is 0.00578. The molecule has 2 aromatic rings. The van der Waals surface area contributed by atoms with E-state index < -0.39 is 24.4 Å². The van der Waals surface area contributed by atoms with Crippen LogP contribution in [0, 0.1) is 13.8 Å². The Labute approximate surface area is 196 Å². The lowest BCUT2D eigenvalue weighted by atomic mass is 9.76. The van der Waals surface area contributed by atoms with Gasteiger partial charge in [-0.25, -0.2) is 4.79 Å². The molecule has 1 N–H and O–H groups in total. The van der Waals surface area contributed by atoms with Crippen LogP contribution < -0.4 is 5.32 Å². The molecule has 5 nitrogen and oxygen atoms in total. The number of carbonyl (C=O) groups excluding carboxylic acids is 1. The molecule has 1 aliphatic rings. The third-order valence-electron chi connectivity index (χ3n) is 6.09. The van der Waals surface area contributed by atoms with Crippen LogP contribution in [0.15, 0.2) is 47.9 Å². The second-order valence-electron chi connectivity index (χ2n) is 9.18. The van der Waals surface area contributed by atoms with Crippen LogP contribution in [-0.2, 0) is 20.7 Å². The van der Waals surface area contributed by atoms with Crippen molar-refractivity contribution in [3.8, 4) is 0 Å². The van der Waals surface area contributed by atoms with Gasteiger partial charge in [-0.05, 0) is 81.4 Å². The molecule has 0 aromatic heterocycles. The lowest BCUT2D eigenvalue weighted by Crippen LogP contribution is -2.41. The van der Waals surface area contributed by atoms with Crippen molar-refractivity contribution in [1.82, 2.24) is 5.32 Å². The smallest absolute Gasteiger partial charge is 0.445 e. The Hall–Kier alpha value is -2.28. The minimum absolute atomic E-state index is 0.206. The minimum Gasteiger partial charge on any atom is -0.445 e. The molecule has 1 heterocycles. The third kappa shape index (κ3) is 5.74. The van der Waals surface area contributed by atoms with Crippen LogP contribution in [0.3, 0.4) is 0 Å². The Balaban J connectivity index is 1.79. The summed E-state index contributed by atoms with van der Waals surface area (Å²) in [5, 5.41) is 3.53. The zero-order valence-corrected chi connectivity index (χ0v) is 20.4. The van der Waals surface area contributed by atoms with Gasteiger partial charge in [0, 0.05) is 11.6 Å². The summed E-state index contributed by atoms with van der Waals surface area (Å²) in [5.74, 6) is 0. The molecule has 1 amide bonds. The van der Waals surface area contributed by atoms with Gasteiger partial charge in [-0.2, -0.15) is 0 Å². The Kier molecular flexibility index (Phi) is 7.38. The summed E-state index contributed by atoms with van der Waals surface area (Å²) in [6.07, 6.45) is 1.52. The molecule has 1 aliphatic heterocycles. The predicted molar refractivity (Wildman–Crippen MR) is 130 cm³/mol. The number of hydrogen-bond donors (Lipinski definition) is 1. The van der Waals surface area contributed by atoms with Crippen molar-refractivity contribution in [2.75, 3.05) is 6.54 Å². The number of ether oxygens (including phenoxy) is 1. The van der Waals surface area contributed by atoms with E-state index in [0.29, 0.717) is 5.02 Å². The summed E-state index contributed by atoms with van der Waals surface area (Å²) in [4.78, 5) is 12.4. The minimum atomic E-state index is -0.594. The molecular formula is C25H31BClNO4. The first kappa shape index (κ1) is 24.4. The predicted octanol–water partition coefficient (Wildman–Crippen LogP) is 5.90. The van der Waals surface area contributed by atoms with Crippen molar-refractivity contribution in [2.45, 2.75) is 59.4 Å². The first-order chi connectivity index (χ1) is 15.0. The van der Waals surface area contributed by atoms with Crippen molar-refractivity contribution in [3.63, 3.8) is 0 Å². The van der Waals surface area contributed by atoms with Gasteiger partial charge in [0.15, 0.2) is 0 Å². The number of rotatable bonds is 6. The van der Waals surface area contributed by atoms with Crippen LogP contribution in [0.2, 0.25) is 5.02 Å². The maximum absolute atomic E-state index is 12.4. The zero-order valence-electron chi connectivity index (χ0n) is 19.6. The van der Waals surface area contributed by atoms with Gasteiger partial charge in [-0.1, -0.05) is 48.0 Å². The summed E-state index contributed by atoms with van der Waals surface area (Å²) >= 11 is 6.21. The number of amides is 1. The fraction of sp³-hybridized carbons (Fsp3) is 0.400. The first-order valence-corrected chi connectivity index (χ1v) is 11.1. The molecule has 0 atom stereocenters. The quantitative estimate of drug-likeness (QED) is 0.551. The van der Waals surface area contributed by atoms with Crippen LogP contribution in [0.25, 0.3) is 6.08 Å². The molecule has 0 aliphatic carbocycles. The van der Waals surface area contributed by atoms with Gasteiger partial charge in [0.1, 0.15) is 6.61 Å². The van der Waals surface area contributed by atoms with Gasteiger partial charge in [-0.3, -0.25) is 0 Å². The van der Waals surface area contributed by atoms with E-state index in [2.05, 4.69) is 5.32 Å². The highest BCUT2D eigenvalue weighted by molar-refractivity contribution is 6.56. The molecule has 0 unspecified atom stereocenters. The molecule has 0 bridgehead atoms. The average molecular weight is 456 g/mol. The van der Waals surface area contributed by atoms with Crippen LogP contribution >= 0.6 is 11.6 Å². The van der Waals surface area contributed by atoms with E-state index in [1.54, 1.807) is 0 Å². The van der Waals surface area contributed by atoms with E-state index in [1.165, 1.54) is 0 Å². The van der Waals surface area contributed by atoms with E-state index in [0.717, 1.165) is 27.7 Å². The molecule has 3 rings (SSSR count). The van der Waals surface area contributed by atoms with E-state index >= 15 is 0 Å². The highest BCUT2D eigenvalue weighted by Gasteiger charge is 2.52. The molecule has 2 aromatic carbocycles. The van der Waals surface area contributed by atoms with Crippen molar-refractivity contribution in [3.05, 3.63) is 75.2 Å². The Morgan fingerprint density at radius 2 is 1.62 bits per heavy atom. The number of nitrogens with one attached hydrogen (secondary N) is 1. The Bertz CT molecular complexity index is 965. The lowest BCUT2D eigenvalue weighted by Gasteiger charge is -2.32. The summed E-state index contributed by atoms with van der Waals surface area (Å²) in [6, 6.07) is 13.4. The van der Waals surface area contributed by atoms with Gasteiger partial charge >= 0.3 is 13.2 Å². The van der Waals surface area contributed by atoms with Crippen LogP contribution in [-0.4, -0.2) is 31.0 Å². The number of halogens is 1. The number of hydrogen-bond acceptors (Lipinski definition) is 4. The maximum Gasteiger partial charge on any atom is 0.492 e. The van der Waals surface area contributed by atoms with Crippen molar-refractivity contribution in [2.24, 2.45) is 0 Å². The Morgan fingerprint density at radius 1 is 1.06 bits per heavy atom. The molecule has 0 saturated carbocycles. The highest BCUT2D eigenvalue weighted by atomic mass is 35.5. The number of carbonyl (C=O) groups is 1. The number of alkyl carbamates (subject to hydrolysis) is 1. The molecule has 1 saturated heterocycles. The molecule has 0 radical (unpaired) electrons. The van der Waals surface area contributed by atoms with Crippen molar-refractivity contribution < 1.29 is 18.8 Å². The summed E-state index contributed by atoms with van der Waals surface area (Å²) in [7, 11) is -0.594. The van der Waals surface area contributed by atoms with Gasteiger partial charge in [0.25, 0.3) is 0 Å². The van der Waals surface area contributed by atoms with Gasteiger partial charge < -0.3 is 19.4 Å². The molecular weight excluding hydrogens is 425 g/mol. The van der Waals surface area contributed by atoms with E-state index in [4.69, 9.17) is 25.6 Å². The highest BCUT2D eigenvalue weighted by Crippen LogP contribution is 2.39. The fourth-order valence-electron chi connectivity index (χ4n) is 3.48. The average Bonchev–Trinajstić information content (AvgIpc) is 2.93. The Morgan fingerprint density at radius 3 is 2.19 bits per heavy atom. The standard InChI is InChI=1S/C25H31BClNO4/c1-17-12-21(27)13-18(2)22(17)14-20(26-31-24(3,4)25(5,6)32-26)15-28-23(29)30-16-19-10-8-7-9-11-19/h7-14H,15-16H2,1-6H3,(H,28,29). The topological polar surface area (TPSA) is 56.8 Å². The number of benzene rings is 2. The van der Waals surface area contributed by atoms with Crippen LogP contribution in [0.4, 0.5) is 4.79 Å². The first-order valence-electron chi connectivity index (χ1n) is 10.8. The normalized spacial score (nSPS) is 17.3. The SMILES string of the molecule is Cc1cc(Cl)cc(C)c1C=C(CNC(=O)OCc1ccccc1)B1OC(C)(C)C(C)(C)O1. The van der Waals surface area contributed by atoms with Crippen LogP contribution in [0.1, 0.15) is 49.9 Å². The zero-order chi connectivity index (χ0) is 23.5. The van der Waals surface area contributed by atoms with Gasteiger partial charge in [-0.15, -0.1) is 0 Å². The molecule has 32 heavy (non-hydrogen) atoms. The molecule has 0 spiro atoms. The fourth-order valence-corrected chi connectivity index (χ4v) is 3.81. The summed E-state index contributed by atoms with van der Waals surface area (Å²) < 4.78 is 17.9. The van der Waals surface area contributed by atoms with Crippen molar-refractivity contribution >= 4 is 30.9 Å². The van der Waals surface area contributed by atoms with Gasteiger partial charge in [0.2, 0.25) is 0 Å². The van der Waals surface area contributed by atoms with Crippen molar-refractivity contribution in [1.29, 1.82) is 0 Å². The maximum atomic E-state index is 12.4. The molecule has 1 fully saturated rings. The number of aryl methyl sites for hydroxylation is 2. The second-order valence-corrected chi connectivity index (χ2v) is 9.61. The van der Waals surface area contributed by atoms with E-state index in [-0.39, 0.29) is 13.2 Å². The largest absolute Gasteiger partial charge is 0.492 e.